The van der Waals surface area contributed by atoms with Crippen LogP contribution in [0.1, 0.15) is 24.0 Å². The molecule has 0 aliphatic heterocycles. The van der Waals surface area contributed by atoms with Crippen molar-refractivity contribution in [2.24, 2.45) is 4.99 Å². The monoisotopic (exact) mass is 315 g/mol. The van der Waals surface area contributed by atoms with Crippen LogP contribution in [-0.4, -0.2) is 22.0 Å². The number of benzene rings is 2. The molecule has 0 atom stereocenters. The molecule has 3 aromatic rings. The summed E-state index contributed by atoms with van der Waals surface area (Å²) in [5, 5.41) is 8.31. The Morgan fingerprint density at radius 3 is 1.92 bits per heavy atom. The molecule has 0 saturated heterocycles. The van der Waals surface area contributed by atoms with Crippen LogP contribution in [0.3, 0.4) is 0 Å². The minimum absolute atomic E-state index is 0.317. The van der Waals surface area contributed by atoms with Crippen molar-refractivity contribution in [3.05, 3.63) is 83.9 Å². The van der Waals surface area contributed by atoms with Gasteiger partial charge < -0.3 is 4.74 Å². The van der Waals surface area contributed by atoms with Crippen LogP contribution in [0.5, 0.6) is 5.88 Å². The normalized spacial score (nSPS) is 13.3. The van der Waals surface area contributed by atoms with Crippen LogP contribution >= 0.6 is 0 Å². The number of nitrogens with zero attached hydrogens (tertiary/aromatic N) is 3. The van der Waals surface area contributed by atoms with Crippen molar-refractivity contribution in [1.29, 1.82) is 0 Å². The van der Waals surface area contributed by atoms with E-state index in [1.165, 1.54) is 0 Å². The Hall–Kier alpha value is -3.01. The number of ether oxygens (including phenoxy) is 1. The van der Waals surface area contributed by atoms with Gasteiger partial charge in [0.05, 0.1) is 5.71 Å². The van der Waals surface area contributed by atoms with Crippen LogP contribution in [0, 0.1) is 0 Å². The molecule has 24 heavy (non-hydrogen) atoms. The van der Waals surface area contributed by atoms with Crippen molar-refractivity contribution in [2.45, 2.75) is 18.9 Å². The summed E-state index contributed by atoms with van der Waals surface area (Å²) in [5.41, 5.74) is 2.97. The molecule has 0 N–H and O–H groups in total. The summed E-state index contributed by atoms with van der Waals surface area (Å²) < 4.78 is 5.63. The molecule has 118 valence electrons. The smallest absolute Gasteiger partial charge is 0.233 e. The van der Waals surface area contributed by atoms with E-state index >= 15 is 0 Å². The van der Waals surface area contributed by atoms with E-state index in [1.54, 1.807) is 0 Å². The minimum Gasteiger partial charge on any atom is -0.473 e. The maximum absolute atomic E-state index is 5.63. The van der Waals surface area contributed by atoms with E-state index in [0.717, 1.165) is 29.7 Å². The highest BCUT2D eigenvalue weighted by Crippen LogP contribution is 2.25. The van der Waals surface area contributed by atoms with Gasteiger partial charge in [-0.15, -0.1) is 10.2 Å². The number of aliphatic imine (C=N–C) groups is 1. The molecule has 1 aromatic heterocycles. The summed E-state index contributed by atoms with van der Waals surface area (Å²) in [6.07, 6.45) is 2.53. The van der Waals surface area contributed by atoms with Crippen LogP contribution < -0.4 is 4.74 Å². The van der Waals surface area contributed by atoms with Gasteiger partial charge in [-0.05, 0) is 18.9 Å². The molecular formula is C20H17N3O. The first-order valence-corrected chi connectivity index (χ1v) is 8.08. The number of hydrogen-bond acceptors (Lipinski definition) is 4. The van der Waals surface area contributed by atoms with E-state index in [1.807, 2.05) is 72.8 Å². The zero-order valence-electron chi connectivity index (χ0n) is 13.2. The lowest BCUT2D eigenvalue weighted by Crippen LogP contribution is -2.03. The van der Waals surface area contributed by atoms with E-state index in [4.69, 9.17) is 9.73 Å². The van der Waals surface area contributed by atoms with E-state index in [2.05, 4.69) is 10.2 Å². The zero-order chi connectivity index (χ0) is 16.2. The molecule has 0 spiro atoms. The van der Waals surface area contributed by atoms with Crippen LogP contribution in [0.4, 0.5) is 5.82 Å². The average molecular weight is 315 g/mol. The molecule has 1 saturated carbocycles. The van der Waals surface area contributed by atoms with Crippen molar-refractivity contribution in [2.75, 3.05) is 0 Å². The van der Waals surface area contributed by atoms with E-state index in [9.17, 15) is 0 Å². The minimum atomic E-state index is 0.317. The van der Waals surface area contributed by atoms with Gasteiger partial charge in [-0.1, -0.05) is 60.7 Å². The summed E-state index contributed by atoms with van der Waals surface area (Å²) in [4.78, 5) is 4.72. The lowest BCUT2D eigenvalue weighted by Gasteiger charge is -2.07. The van der Waals surface area contributed by atoms with Gasteiger partial charge >= 0.3 is 0 Å². The molecule has 1 heterocycles. The lowest BCUT2D eigenvalue weighted by atomic mass is 10.0. The third-order valence-electron chi connectivity index (χ3n) is 3.76. The highest BCUT2D eigenvalue weighted by atomic mass is 16.5. The Morgan fingerprint density at radius 2 is 1.42 bits per heavy atom. The number of hydrogen-bond donors (Lipinski definition) is 0. The number of rotatable bonds is 5. The topological polar surface area (TPSA) is 47.4 Å². The van der Waals surface area contributed by atoms with E-state index in [0.29, 0.717) is 17.8 Å². The summed E-state index contributed by atoms with van der Waals surface area (Å²) in [6.45, 7) is 0. The molecule has 1 aliphatic carbocycles. The van der Waals surface area contributed by atoms with Crippen LogP contribution in [-0.2, 0) is 0 Å². The fraction of sp³-hybridized carbons (Fsp3) is 0.150. The highest BCUT2D eigenvalue weighted by Gasteiger charge is 2.24. The molecule has 1 aliphatic rings. The zero-order valence-corrected chi connectivity index (χ0v) is 13.2. The first kappa shape index (κ1) is 14.6. The summed E-state index contributed by atoms with van der Waals surface area (Å²) in [5.74, 6) is 1.14. The summed E-state index contributed by atoms with van der Waals surface area (Å²) in [6, 6.07) is 23.9. The van der Waals surface area contributed by atoms with Crippen LogP contribution in [0.2, 0.25) is 0 Å². The Morgan fingerprint density at radius 1 is 0.792 bits per heavy atom. The van der Waals surface area contributed by atoms with Gasteiger partial charge in [0.25, 0.3) is 0 Å². The van der Waals surface area contributed by atoms with Gasteiger partial charge in [0.1, 0.15) is 6.10 Å². The molecule has 4 rings (SSSR count). The predicted molar refractivity (Wildman–Crippen MR) is 93.9 cm³/mol. The second-order valence-electron chi connectivity index (χ2n) is 5.74. The van der Waals surface area contributed by atoms with Gasteiger partial charge in [-0.3, -0.25) is 0 Å². The average Bonchev–Trinajstić information content (AvgIpc) is 3.47. The Balaban J connectivity index is 1.68. The molecule has 0 bridgehead atoms. The predicted octanol–water partition coefficient (Wildman–Crippen LogP) is 4.19. The second kappa shape index (κ2) is 6.62. The van der Waals surface area contributed by atoms with E-state index < -0.39 is 0 Å². The first-order chi connectivity index (χ1) is 11.9. The van der Waals surface area contributed by atoms with Crippen molar-refractivity contribution < 1.29 is 4.74 Å². The maximum atomic E-state index is 5.63. The largest absolute Gasteiger partial charge is 0.473 e. The standard InChI is InChI=1S/C20H17N3O/c1-3-7-15(8-4-1)20(16-9-5-2-6-10-16)21-18-13-14-19(23-22-18)24-17-11-12-17/h1-10,13-14,17H,11-12H2. The molecule has 1 fully saturated rings. The molecule has 0 unspecified atom stereocenters. The van der Waals surface area contributed by atoms with Crippen molar-refractivity contribution >= 4 is 11.5 Å². The molecule has 4 heteroatoms. The van der Waals surface area contributed by atoms with E-state index in [-0.39, 0.29) is 0 Å². The summed E-state index contributed by atoms with van der Waals surface area (Å²) in [7, 11) is 0. The van der Waals surface area contributed by atoms with Gasteiger partial charge in [-0.2, -0.15) is 0 Å². The molecule has 0 amide bonds. The van der Waals surface area contributed by atoms with Crippen molar-refractivity contribution in [1.82, 2.24) is 10.2 Å². The number of aromatic nitrogens is 2. The van der Waals surface area contributed by atoms with Gasteiger partial charge in [0, 0.05) is 17.2 Å². The van der Waals surface area contributed by atoms with Crippen LogP contribution in [0.15, 0.2) is 77.8 Å². The van der Waals surface area contributed by atoms with Gasteiger partial charge in [-0.25, -0.2) is 4.99 Å². The van der Waals surface area contributed by atoms with Crippen molar-refractivity contribution in [3.63, 3.8) is 0 Å². The molecule has 4 nitrogen and oxygen atoms in total. The molecule has 0 radical (unpaired) electrons. The highest BCUT2D eigenvalue weighted by molar-refractivity contribution is 6.13. The lowest BCUT2D eigenvalue weighted by molar-refractivity contribution is 0.287. The Labute approximate surface area is 140 Å². The van der Waals surface area contributed by atoms with Gasteiger partial charge in [0.15, 0.2) is 5.82 Å². The third-order valence-corrected chi connectivity index (χ3v) is 3.76. The Bertz CT molecular complexity index is 784. The van der Waals surface area contributed by atoms with Crippen molar-refractivity contribution in [3.8, 4) is 5.88 Å². The fourth-order valence-corrected chi connectivity index (χ4v) is 2.39. The fourth-order valence-electron chi connectivity index (χ4n) is 2.39. The van der Waals surface area contributed by atoms with Gasteiger partial charge in [0.2, 0.25) is 5.88 Å². The second-order valence-corrected chi connectivity index (χ2v) is 5.74. The Kier molecular flexibility index (Phi) is 4.02. The maximum Gasteiger partial charge on any atom is 0.233 e. The molecular weight excluding hydrogens is 298 g/mol. The molecule has 2 aromatic carbocycles. The first-order valence-electron chi connectivity index (χ1n) is 8.08. The quantitative estimate of drug-likeness (QED) is 0.663. The SMILES string of the molecule is c1ccc(C(=Nc2ccc(OC3CC3)nn2)c2ccccc2)cc1. The van der Waals surface area contributed by atoms with Crippen LogP contribution in [0.25, 0.3) is 0 Å². The third kappa shape index (κ3) is 3.49. The summed E-state index contributed by atoms with van der Waals surface area (Å²) >= 11 is 0.